The average molecular weight is 400 g/mol. The van der Waals surface area contributed by atoms with E-state index in [2.05, 4.69) is 62.9 Å². The monoisotopic (exact) mass is 399 g/mol. The second-order valence-corrected chi connectivity index (χ2v) is 8.66. The number of likely N-dealkylation sites (tertiary alicyclic amines) is 1. The molecular formula is C22H33N5S. The van der Waals surface area contributed by atoms with E-state index in [9.17, 15) is 0 Å². The Kier molecular flexibility index (Phi) is 7.86. The normalized spacial score (nSPS) is 17.5. The largest absolute Gasteiger partial charge is 0.356 e. The van der Waals surface area contributed by atoms with Crippen molar-refractivity contribution in [3.05, 3.63) is 52.0 Å². The Morgan fingerprint density at radius 1 is 1.32 bits per heavy atom. The summed E-state index contributed by atoms with van der Waals surface area (Å²) < 4.78 is 0. The first-order valence-corrected chi connectivity index (χ1v) is 11.2. The molecule has 3 heterocycles. The van der Waals surface area contributed by atoms with Crippen molar-refractivity contribution in [1.29, 1.82) is 0 Å². The third-order valence-electron chi connectivity index (χ3n) is 5.64. The average Bonchev–Trinajstić information content (AvgIpc) is 3.24. The van der Waals surface area contributed by atoms with E-state index >= 15 is 0 Å². The summed E-state index contributed by atoms with van der Waals surface area (Å²) in [5.41, 5.74) is 2.57. The topological polar surface area (TPSA) is 52.6 Å². The first-order chi connectivity index (χ1) is 13.7. The van der Waals surface area contributed by atoms with Crippen molar-refractivity contribution in [3.63, 3.8) is 0 Å². The zero-order chi connectivity index (χ0) is 19.8. The lowest BCUT2D eigenvalue weighted by molar-refractivity contribution is 0.140. The van der Waals surface area contributed by atoms with Gasteiger partial charge in [-0.15, -0.1) is 11.3 Å². The van der Waals surface area contributed by atoms with Gasteiger partial charge in [0.05, 0.1) is 6.04 Å². The highest BCUT2D eigenvalue weighted by Crippen LogP contribution is 2.29. The molecule has 1 atom stereocenters. The highest BCUT2D eigenvalue weighted by molar-refractivity contribution is 7.10. The molecule has 2 aromatic heterocycles. The van der Waals surface area contributed by atoms with E-state index in [0.717, 1.165) is 31.4 Å². The van der Waals surface area contributed by atoms with Gasteiger partial charge in [-0.2, -0.15) is 0 Å². The van der Waals surface area contributed by atoms with Crippen LogP contribution in [0, 0.1) is 12.8 Å². The number of nitrogens with zero attached hydrogens (tertiary/aromatic N) is 3. The summed E-state index contributed by atoms with van der Waals surface area (Å²) in [5, 5.41) is 9.20. The highest BCUT2D eigenvalue weighted by atomic mass is 32.1. The van der Waals surface area contributed by atoms with E-state index in [1.54, 1.807) is 0 Å². The Bertz CT molecular complexity index is 735. The Hall–Kier alpha value is -1.92. The first kappa shape index (κ1) is 20.8. The maximum atomic E-state index is 4.42. The number of aromatic nitrogens is 1. The van der Waals surface area contributed by atoms with Gasteiger partial charge in [-0.05, 0) is 73.8 Å². The smallest absolute Gasteiger partial charge is 0.191 e. The predicted octanol–water partition coefficient (Wildman–Crippen LogP) is 3.63. The Labute approximate surface area is 173 Å². The fourth-order valence-electron chi connectivity index (χ4n) is 3.74. The minimum Gasteiger partial charge on any atom is -0.356 e. The van der Waals surface area contributed by atoms with Crippen LogP contribution in [0.5, 0.6) is 0 Å². The van der Waals surface area contributed by atoms with E-state index in [-0.39, 0.29) is 0 Å². The molecule has 0 aromatic carbocycles. The van der Waals surface area contributed by atoms with Gasteiger partial charge >= 0.3 is 0 Å². The van der Waals surface area contributed by atoms with Crippen molar-refractivity contribution >= 4 is 17.3 Å². The molecule has 0 bridgehead atoms. The maximum absolute atomic E-state index is 4.42. The van der Waals surface area contributed by atoms with Crippen LogP contribution < -0.4 is 10.6 Å². The molecule has 3 rings (SSSR count). The molecule has 1 unspecified atom stereocenters. The highest BCUT2D eigenvalue weighted by Gasteiger charge is 2.25. The van der Waals surface area contributed by atoms with Crippen LogP contribution >= 0.6 is 11.3 Å². The van der Waals surface area contributed by atoms with Gasteiger partial charge in [-0.25, -0.2) is 0 Å². The van der Waals surface area contributed by atoms with Crippen molar-refractivity contribution in [3.8, 4) is 0 Å². The van der Waals surface area contributed by atoms with Crippen LogP contribution in [0.4, 0.5) is 0 Å². The van der Waals surface area contributed by atoms with Gasteiger partial charge in [0.1, 0.15) is 0 Å². The molecule has 1 fully saturated rings. The van der Waals surface area contributed by atoms with Gasteiger partial charge < -0.3 is 10.6 Å². The van der Waals surface area contributed by atoms with Gasteiger partial charge in [0.2, 0.25) is 0 Å². The summed E-state index contributed by atoms with van der Waals surface area (Å²) in [5.74, 6) is 1.72. The van der Waals surface area contributed by atoms with Crippen molar-refractivity contribution < 1.29 is 0 Å². The van der Waals surface area contributed by atoms with Crippen molar-refractivity contribution in [2.75, 3.05) is 33.2 Å². The summed E-state index contributed by atoms with van der Waals surface area (Å²) in [4.78, 5) is 12.7. The molecule has 0 radical (unpaired) electrons. The Morgan fingerprint density at radius 2 is 2.14 bits per heavy atom. The number of piperidine rings is 1. The van der Waals surface area contributed by atoms with E-state index in [1.165, 1.54) is 41.9 Å². The summed E-state index contributed by atoms with van der Waals surface area (Å²) in [6, 6.07) is 6.92. The zero-order valence-corrected chi connectivity index (χ0v) is 18.1. The van der Waals surface area contributed by atoms with Gasteiger partial charge in [-0.1, -0.05) is 13.0 Å². The molecule has 0 spiro atoms. The zero-order valence-electron chi connectivity index (χ0n) is 17.3. The van der Waals surface area contributed by atoms with E-state index in [4.69, 9.17) is 0 Å². The van der Waals surface area contributed by atoms with Crippen LogP contribution in [-0.2, 0) is 6.42 Å². The molecule has 2 N–H and O–H groups in total. The predicted molar refractivity (Wildman–Crippen MR) is 119 cm³/mol. The number of aryl methyl sites for hydroxylation is 1. The minimum atomic E-state index is 0.411. The molecule has 6 heteroatoms. The number of rotatable bonds is 7. The van der Waals surface area contributed by atoms with Crippen LogP contribution in [0.2, 0.25) is 0 Å². The molecule has 1 aliphatic heterocycles. The first-order valence-electron chi connectivity index (χ1n) is 10.3. The third kappa shape index (κ3) is 5.79. The van der Waals surface area contributed by atoms with Gasteiger partial charge in [0, 0.05) is 37.4 Å². The van der Waals surface area contributed by atoms with E-state index in [0.29, 0.717) is 6.04 Å². The number of hydrogen-bond acceptors (Lipinski definition) is 4. The number of pyridine rings is 1. The molecule has 0 saturated carbocycles. The lowest BCUT2D eigenvalue weighted by Gasteiger charge is -2.36. The van der Waals surface area contributed by atoms with Crippen molar-refractivity contribution in [2.45, 2.75) is 39.2 Å². The number of hydrogen-bond donors (Lipinski definition) is 2. The van der Waals surface area contributed by atoms with Crippen LogP contribution in [0.15, 0.2) is 41.0 Å². The third-order valence-corrected chi connectivity index (χ3v) is 6.61. The lowest BCUT2D eigenvalue weighted by Crippen LogP contribution is -2.45. The van der Waals surface area contributed by atoms with Crippen LogP contribution in [0.1, 0.15) is 41.8 Å². The lowest BCUT2D eigenvalue weighted by atomic mass is 9.97. The van der Waals surface area contributed by atoms with E-state index in [1.807, 2.05) is 30.8 Å². The fraction of sp³-hybridized carbons (Fsp3) is 0.545. The SMILES string of the molecule is CN=C(NCCc1ccncc1C)NCC(c1cccs1)N1CCC(C)CC1. The maximum Gasteiger partial charge on any atom is 0.191 e. The van der Waals surface area contributed by atoms with Crippen LogP contribution in [0.3, 0.4) is 0 Å². The quantitative estimate of drug-likeness (QED) is 0.551. The van der Waals surface area contributed by atoms with E-state index < -0.39 is 0 Å². The second-order valence-electron chi connectivity index (χ2n) is 7.68. The molecule has 0 amide bonds. The summed E-state index contributed by atoms with van der Waals surface area (Å²) in [7, 11) is 1.84. The molecule has 0 aliphatic carbocycles. The van der Waals surface area contributed by atoms with Crippen LogP contribution in [0.25, 0.3) is 0 Å². The summed E-state index contributed by atoms with van der Waals surface area (Å²) in [6.07, 6.45) is 7.34. The van der Waals surface area contributed by atoms with Gasteiger partial charge in [0.25, 0.3) is 0 Å². The molecular weight excluding hydrogens is 366 g/mol. The molecule has 2 aromatic rings. The van der Waals surface area contributed by atoms with Gasteiger partial charge in [-0.3, -0.25) is 14.9 Å². The molecule has 28 heavy (non-hydrogen) atoms. The number of aliphatic imine (C=N–C) groups is 1. The van der Waals surface area contributed by atoms with Crippen molar-refractivity contribution in [1.82, 2.24) is 20.5 Å². The standard InChI is InChI=1S/C22H33N5S/c1-17-8-12-27(13-9-17)20(21-5-4-14-28-21)16-26-22(23-3)25-11-7-19-6-10-24-15-18(19)2/h4-6,10,14-15,17,20H,7-9,11-13,16H2,1-3H3,(H2,23,25,26). The summed E-state index contributed by atoms with van der Waals surface area (Å²) in [6.45, 7) is 8.57. The molecule has 5 nitrogen and oxygen atoms in total. The number of thiophene rings is 1. The molecule has 1 saturated heterocycles. The number of nitrogens with one attached hydrogen (secondary N) is 2. The molecule has 152 valence electrons. The van der Waals surface area contributed by atoms with Crippen molar-refractivity contribution in [2.24, 2.45) is 10.9 Å². The Balaban J connectivity index is 1.53. The Morgan fingerprint density at radius 3 is 2.82 bits per heavy atom. The van der Waals surface area contributed by atoms with Crippen LogP contribution in [-0.4, -0.2) is 49.1 Å². The second kappa shape index (κ2) is 10.6. The van der Waals surface area contributed by atoms with Gasteiger partial charge in [0.15, 0.2) is 5.96 Å². The summed E-state index contributed by atoms with van der Waals surface area (Å²) >= 11 is 1.85. The minimum absolute atomic E-state index is 0.411. The fourth-order valence-corrected chi connectivity index (χ4v) is 4.60. The molecule has 1 aliphatic rings. The number of guanidine groups is 1.